The van der Waals surface area contributed by atoms with Gasteiger partial charge in [-0.1, -0.05) is 0 Å². The molecular weight excluding hydrogens is 214 g/mol. The van der Waals surface area contributed by atoms with Gasteiger partial charge in [0.15, 0.2) is 0 Å². The summed E-state index contributed by atoms with van der Waals surface area (Å²) in [6.07, 6.45) is 1.78. The van der Waals surface area contributed by atoms with Crippen LogP contribution in [0.2, 0.25) is 0 Å². The maximum atomic E-state index is 6.24. The molecule has 2 aromatic heterocycles. The Kier molecular flexibility index (Phi) is 3.02. The maximum Gasteiger partial charge on any atom is 0.0915 e. The van der Waals surface area contributed by atoms with E-state index in [0.29, 0.717) is 6.04 Å². The molecule has 5 heteroatoms. The van der Waals surface area contributed by atoms with Gasteiger partial charge in [-0.2, -0.15) is 10.2 Å². The molecule has 2 heterocycles. The van der Waals surface area contributed by atoms with Crippen molar-refractivity contribution in [3.05, 3.63) is 35.4 Å². The number of aryl methyl sites for hydroxylation is 2. The first-order valence-corrected chi connectivity index (χ1v) is 5.80. The van der Waals surface area contributed by atoms with Crippen molar-refractivity contribution >= 4 is 0 Å². The number of aromatic nitrogens is 4. The minimum Gasteiger partial charge on any atom is -0.318 e. The molecule has 0 radical (unpaired) electrons. The molecule has 17 heavy (non-hydrogen) atoms. The quantitative estimate of drug-likeness (QED) is 0.875. The summed E-state index contributed by atoms with van der Waals surface area (Å²) in [7, 11) is 1.92. The van der Waals surface area contributed by atoms with E-state index >= 15 is 0 Å². The molecule has 0 bridgehead atoms. The third kappa shape index (κ3) is 2.10. The Bertz CT molecular complexity index is 489. The lowest BCUT2D eigenvalue weighted by atomic mass is 10.1. The monoisotopic (exact) mass is 233 g/mol. The molecule has 2 N–H and O–H groups in total. The molecular formula is C12H19N5. The third-order valence-electron chi connectivity index (χ3n) is 2.96. The zero-order chi connectivity index (χ0) is 12.6. The molecule has 0 fully saturated rings. The van der Waals surface area contributed by atoms with Gasteiger partial charge in [-0.05, 0) is 32.9 Å². The van der Waals surface area contributed by atoms with Crippen LogP contribution in [-0.4, -0.2) is 19.6 Å². The number of rotatable bonds is 3. The standard InChI is InChI=1S/C12H19N5/c1-8(2)17-11(5-6-14-17)12(13)10-7-9(3)16(4)15-10/h5-8,12H,13H2,1-4H3. The highest BCUT2D eigenvalue weighted by Crippen LogP contribution is 2.21. The molecule has 0 aliphatic carbocycles. The van der Waals surface area contributed by atoms with Crippen LogP contribution in [0.25, 0.3) is 0 Å². The van der Waals surface area contributed by atoms with Crippen LogP contribution >= 0.6 is 0 Å². The van der Waals surface area contributed by atoms with E-state index in [2.05, 4.69) is 24.0 Å². The molecule has 5 nitrogen and oxygen atoms in total. The van der Waals surface area contributed by atoms with E-state index in [1.807, 2.05) is 35.5 Å². The Hall–Kier alpha value is -1.62. The van der Waals surface area contributed by atoms with Crippen LogP contribution in [-0.2, 0) is 7.05 Å². The van der Waals surface area contributed by atoms with Crippen LogP contribution in [0.3, 0.4) is 0 Å². The van der Waals surface area contributed by atoms with E-state index in [1.165, 1.54) is 0 Å². The first-order chi connectivity index (χ1) is 8.00. The summed E-state index contributed by atoms with van der Waals surface area (Å²) in [5.41, 5.74) is 9.23. The summed E-state index contributed by atoms with van der Waals surface area (Å²) in [5, 5.41) is 8.71. The topological polar surface area (TPSA) is 61.7 Å². The predicted molar refractivity (Wildman–Crippen MR) is 66.6 cm³/mol. The lowest BCUT2D eigenvalue weighted by Gasteiger charge is -2.15. The third-order valence-corrected chi connectivity index (χ3v) is 2.96. The van der Waals surface area contributed by atoms with Gasteiger partial charge in [0, 0.05) is 25.0 Å². The largest absolute Gasteiger partial charge is 0.318 e. The summed E-state index contributed by atoms with van der Waals surface area (Å²) in [5.74, 6) is 0. The first-order valence-electron chi connectivity index (χ1n) is 5.80. The molecule has 0 aliphatic heterocycles. The van der Waals surface area contributed by atoms with Gasteiger partial charge < -0.3 is 5.73 Å². The van der Waals surface area contributed by atoms with Gasteiger partial charge >= 0.3 is 0 Å². The molecule has 0 aromatic carbocycles. The second-order valence-corrected chi connectivity index (χ2v) is 4.61. The fraction of sp³-hybridized carbons (Fsp3) is 0.500. The Morgan fingerprint density at radius 3 is 2.59 bits per heavy atom. The average molecular weight is 233 g/mol. The minimum absolute atomic E-state index is 0.222. The van der Waals surface area contributed by atoms with E-state index in [4.69, 9.17) is 5.73 Å². The van der Waals surface area contributed by atoms with E-state index < -0.39 is 0 Å². The molecule has 2 rings (SSSR count). The lowest BCUT2D eigenvalue weighted by Crippen LogP contribution is -2.19. The van der Waals surface area contributed by atoms with Gasteiger partial charge in [0.1, 0.15) is 0 Å². The van der Waals surface area contributed by atoms with Crippen molar-refractivity contribution in [1.29, 1.82) is 0 Å². The average Bonchev–Trinajstić information content (AvgIpc) is 2.85. The van der Waals surface area contributed by atoms with Gasteiger partial charge in [-0.3, -0.25) is 9.36 Å². The Balaban J connectivity index is 2.36. The van der Waals surface area contributed by atoms with Gasteiger partial charge in [0.05, 0.1) is 17.4 Å². The maximum absolute atomic E-state index is 6.24. The first kappa shape index (κ1) is 11.9. The van der Waals surface area contributed by atoms with Crippen LogP contribution in [0.15, 0.2) is 18.3 Å². The summed E-state index contributed by atoms with van der Waals surface area (Å²) < 4.78 is 3.78. The zero-order valence-corrected chi connectivity index (χ0v) is 10.8. The molecule has 0 aliphatic rings. The minimum atomic E-state index is -0.222. The molecule has 0 saturated carbocycles. The Labute approximate surface area is 101 Å². The van der Waals surface area contributed by atoms with E-state index in [0.717, 1.165) is 17.1 Å². The van der Waals surface area contributed by atoms with Gasteiger partial charge in [0.25, 0.3) is 0 Å². The second-order valence-electron chi connectivity index (χ2n) is 4.61. The number of hydrogen-bond acceptors (Lipinski definition) is 3. The van der Waals surface area contributed by atoms with Crippen LogP contribution in [0.4, 0.5) is 0 Å². The van der Waals surface area contributed by atoms with E-state index in [-0.39, 0.29) is 6.04 Å². The predicted octanol–water partition coefficient (Wildman–Crippen LogP) is 1.55. The van der Waals surface area contributed by atoms with Crippen LogP contribution < -0.4 is 5.73 Å². The van der Waals surface area contributed by atoms with Crippen LogP contribution in [0.5, 0.6) is 0 Å². The normalized spacial score (nSPS) is 13.3. The SMILES string of the molecule is Cc1cc(C(N)c2ccnn2C(C)C)nn1C. The van der Waals surface area contributed by atoms with Crippen molar-refractivity contribution in [2.75, 3.05) is 0 Å². The smallest absolute Gasteiger partial charge is 0.0915 e. The second kappa shape index (κ2) is 4.33. The highest BCUT2D eigenvalue weighted by molar-refractivity contribution is 5.22. The molecule has 1 unspecified atom stereocenters. The summed E-state index contributed by atoms with van der Waals surface area (Å²) in [4.78, 5) is 0. The van der Waals surface area contributed by atoms with Crippen molar-refractivity contribution in [1.82, 2.24) is 19.6 Å². The highest BCUT2D eigenvalue weighted by Gasteiger charge is 2.18. The molecule has 0 spiro atoms. The Morgan fingerprint density at radius 1 is 1.35 bits per heavy atom. The van der Waals surface area contributed by atoms with Crippen molar-refractivity contribution < 1.29 is 0 Å². The zero-order valence-electron chi connectivity index (χ0n) is 10.8. The number of nitrogens with two attached hydrogens (primary N) is 1. The van der Waals surface area contributed by atoms with Crippen molar-refractivity contribution in [2.24, 2.45) is 12.8 Å². The van der Waals surface area contributed by atoms with Crippen molar-refractivity contribution in [3.63, 3.8) is 0 Å². The fourth-order valence-electron chi connectivity index (χ4n) is 1.89. The van der Waals surface area contributed by atoms with Crippen molar-refractivity contribution in [3.8, 4) is 0 Å². The van der Waals surface area contributed by atoms with Crippen LogP contribution in [0, 0.1) is 6.92 Å². The summed E-state index contributed by atoms with van der Waals surface area (Å²) >= 11 is 0. The number of hydrogen-bond donors (Lipinski definition) is 1. The van der Waals surface area contributed by atoms with Gasteiger partial charge in [-0.25, -0.2) is 0 Å². The van der Waals surface area contributed by atoms with Gasteiger partial charge in [-0.15, -0.1) is 0 Å². The van der Waals surface area contributed by atoms with E-state index in [1.54, 1.807) is 6.20 Å². The van der Waals surface area contributed by atoms with Gasteiger partial charge in [0.2, 0.25) is 0 Å². The molecule has 0 saturated heterocycles. The molecule has 92 valence electrons. The highest BCUT2D eigenvalue weighted by atomic mass is 15.3. The lowest BCUT2D eigenvalue weighted by molar-refractivity contribution is 0.496. The Morgan fingerprint density at radius 2 is 2.06 bits per heavy atom. The fourth-order valence-corrected chi connectivity index (χ4v) is 1.89. The summed E-state index contributed by atoms with van der Waals surface area (Å²) in [6, 6.07) is 4.05. The molecule has 1 atom stereocenters. The van der Waals surface area contributed by atoms with Crippen molar-refractivity contribution in [2.45, 2.75) is 32.9 Å². The number of nitrogens with zero attached hydrogens (tertiary/aromatic N) is 4. The summed E-state index contributed by atoms with van der Waals surface area (Å²) in [6.45, 7) is 6.20. The molecule has 0 amide bonds. The van der Waals surface area contributed by atoms with E-state index in [9.17, 15) is 0 Å². The van der Waals surface area contributed by atoms with Crippen LogP contribution in [0.1, 0.15) is 43.0 Å². The molecule has 2 aromatic rings.